The minimum Gasteiger partial charge on any atom is -0.505 e. The quantitative estimate of drug-likeness (QED) is 0.116. The number of esters is 2. The second-order valence-corrected chi connectivity index (χ2v) is 17.6. The molecule has 21 nitrogen and oxygen atoms in total. The Morgan fingerprint density at radius 1 is 0.615 bits per heavy atom. The summed E-state index contributed by atoms with van der Waals surface area (Å²) >= 11 is 0. The Balaban J connectivity index is 0.000000194. The molecule has 78 heavy (non-hydrogen) atoms. The van der Waals surface area contributed by atoms with Gasteiger partial charge >= 0.3 is 11.9 Å². The molecule has 6 heterocycles. The largest absolute Gasteiger partial charge is 0.505 e. The van der Waals surface area contributed by atoms with Gasteiger partial charge in [-0.3, -0.25) is 19.2 Å². The molecule has 0 bridgehead atoms. The molecule has 4 atom stereocenters. The van der Waals surface area contributed by atoms with Crippen molar-refractivity contribution in [2.24, 2.45) is 0 Å². The van der Waals surface area contributed by atoms with Gasteiger partial charge < -0.3 is 35.1 Å². The van der Waals surface area contributed by atoms with E-state index in [2.05, 4.69) is 57.6 Å². The van der Waals surface area contributed by atoms with Crippen LogP contribution in [0.15, 0.2) is 156 Å². The zero-order valence-electron chi connectivity index (χ0n) is 41.6. The van der Waals surface area contributed by atoms with Gasteiger partial charge in [0.25, 0.3) is 11.1 Å². The van der Waals surface area contributed by atoms with Gasteiger partial charge in [0.2, 0.25) is 0 Å². The lowest BCUT2D eigenvalue weighted by Gasteiger charge is -2.12. The molecule has 0 amide bonds. The average molecular weight is 1050 g/mol. The van der Waals surface area contributed by atoms with E-state index >= 15 is 0 Å². The third kappa shape index (κ3) is 14.7. The Bertz CT molecular complexity index is 3580. The van der Waals surface area contributed by atoms with E-state index in [0.717, 1.165) is 33.4 Å². The molecule has 21 heteroatoms. The van der Waals surface area contributed by atoms with Crippen molar-refractivity contribution >= 4 is 11.9 Å². The number of aromatic nitrogens is 8. The highest BCUT2D eigenvalue weighted by Crippen LogP contribution is 2.23. The number of nitrogens with zero attached hydrogens (tertiary/aromatic N) is 10. The number of nitriles is 2. The number of benzene rings is 4. The molecular formula is C57H54N12O9. The van der Waals surface area contributed by atoms with Crippen molar-refractivity contribution in [2.45, 2.75) is 57.6 Å². The van der Waals surface area contributed by atoms with Crippen molar-refractivity contribution in [3.8, 4) is 68.9 Å². The predicted molar refractivity (Wildman–Crippen MR) is 286 cm³/mol. The molecule has 10 rings (SSSR count). The van der Waals surface area contributed by atoms with E-state index in [-0.39, 0.29) is 67.5 Å². The fraction of sp³-hybridized carbons (Fsp3) is 0.228. The van der Waals surface area contributed by atoms with Crippen LogP contribution < -0.4 is 26.5 Å². The normalized spacial score (nSPS) is 16.1. The van der Waals surface area contributed by atoms with E-state index in [1.54, 1.807) is 60.9 Å². The number of aliphatic hydroxyl groups is 1. The molecule has 4 aromatic heterocycles. The van der Waals surface area contributed by atoms with Crippen LogP contribution in [-0.2, 0) is 32.2 Å². The van der Waals surface area contributed by atoms with Crippen LogP contribution >= 0.6 is 0 Å². The number of nitrogens with one attached hydrogen (secondary N) is 2. The van der Waals surface area contributed by atoms with E-state index in [1.807, 2.05) is 60.7 Å². The average Bonchev–Trinajstić information content (AvgIpc) is 4.15. The number of carbonyl (C=O) groups excluding carboxylic acids is 2. The zero-order chi connectivity index (χ0) is 54.3. The highest BCUT2D eigenvalue weighted by Gasteiger charge is 2.31. The highest BCUT2D eigenvalue weighted by atomic mass is 16.5. The summed E-state index contributed by atoms with van der Waals surface area (Å²) in [7, 11) is 2.71. The van der Waals surface area contributed by atoms with Gasteiger partial charge in [0, 0.05) is 60.3 Å². The Hall–Kier alpha value is -9.80. The molecule has 2 fully saturated rings. The number of ether oxygens (including phenoxy) is 3. The van der Waals surface area contributed by atoms with Crippen LogP contribution in [0.25, 0.3) is 45.3 Å². The van der Waals surface area contributed by atoms with Gasteiger partial charge in [0.15, 0.2) is 23.1 Å². The number of aromatic hydroxyl groups is 1. The van der Waals surface area contributed by atoms with Crippen molar-refractivity contribution in [1.82, 2.24) is 50.1 Å². The third-order valence-electron chi connectivity index (χ3n) is 12.1. The first kappa shape index (κ1) is 55.9. The van der Waals surface area contributed by atoms with Crippen LogP contribution in [-0.4, -0.2) is 113 Å². The molecule has 4 N–H and O–H groups in total. The van der Waals surface area contributed by atoms with Crippen molar-refractivity contribution in [2.75, 3.05) is 27.3 Å². The summed E-state index contributed by atoms with van der Waals surface area (Å²) in [6.45, 7) is 1.55. The maximum absolute atomic E-state index is 12.5. The lowest BCUT2D eigenvalue weighted by molar-refractivity contribution is -0.143. The molecular weight excluding hydrogens is 997 g/mol. The molecule has 8 aromatic rings. The predicted octanol–water partition coefficient (Wildman–Crippen LogP) is 5.08. The number of aliphatic hydroxyl groups excluding tert-OH is 1. The number of rotatable bonds is 12. The van der Waals surface area contributed by atoms with Crippen LogP contribution in [0.4, 0.5) is 0 Å². The van der Waals surface area contributed by atoms with Crippen molar-refractivity contribution in [3.63, 3.8) is 0 Å². The number of hydrogen-bond donors (Lipinski definition) is 4. The fourth-order valence-electron chi connectivity index (χ4n) is 8.23. The Labute approximate surface area is 448 Å². The summed E-state index contributed by atoms with van der Waals surface area (Å²) in [6.07, 6.45) is 6.27. The maximum Gasteiger partial charge on any atom is 0.323 e. The summed E-state index contributed by atoms with van der Waals surface area (Å²) in [5, 5.41) is 51.5. The fourth-order valence-corrected chi connectivity index (χ4v) is 8.23. The summed E-state index contributed by atoms with van der Waals surface area (Å²) in [6, 6.07) is 39.0. The molecule has 0 aliphatic carbocycles. The van der Waals surface area contributed by atoms with E-state index in [1.165, 1.54) is 48.1 Å². The van der Waals surface area contributed by atoms with Crippen LogP contribution in [0.1, 0.15) is 42.5 Å². The summed E-state index contributed by atoms with van der Waals surface area (Å²) in [4.78, 5) is 64.4. The van der Waals surface area contributed by atoms with Crippen molar-refractivity contribution < 1.29 is 34.0 Å². The first-order chi connectivity index (χ1) is 37.4. The molecule has 0 saturated carbocycles. The molecule has 0 spiro atoms. The molecule has 396 valence electrons. The lowest BCUT2D eigenvalue weighted by atomic mass is 10.1. The van der Waals surface area contributed by atoms with Gasteiger partial charge in [-0.1, -0.05) is 68.1 Å². The van der Waals surface area contributed by atoms with Gasteiger partial charge in [-0.25, -0.2) is 29.3 Å². The molecule has 2 aliphatic heterocycles. The maximum atomic E-state index is 12.5. The number of hydrogen-bond acceptors (Lipinski definition) is 19. The molecule has 4 aromatic carbocycles. The summed E-state index contributed by atoms with van der Waals surface area (Å²) in [5.41, 5.74) is 6.61. The Kier molecular flexibility index (Phi) is 19.1. The van der Waals surface area contributed by atoms with Crippen LogP contribution in [0.2, 0.25) is 0 Å². The first-order valence-corrected chi connectivity index (χ1v) is 24.0. The van der Waals surface area contributed by atoms with Gasteiger partial charge in [-0.15, -0.1) is 0 Å². The van der Waals surface area contributed by atoms with Gasteiger partial charge in [0.1, 0.15) is 18.2 Å². The minimum absolute atomic E-state index is 0. The van der Waals surface area contributed by atoms with E-state index < -0.39 is 6.10 Å². The number of methoxy groups -OCH3 is 2. The lowest BCUT2D eigenvalue weighted by Crippen LogP contribution is -2.31. The first-order valence-electron chi connectivity index (χ1n) is 24.0. The second-order valence-electron chi connectivity index (χ2n) is 17.6. The van der Waals surface area contributed by atoms with Crippen LogP contribution in [0.5, 0.6) is 11.5 Å². The van der Waals surface area contributed by atoms with Gasteiger partial charge in [0.05, 0.1) is 92.9 Å². The summed E-state index contributed by atoms with van der Waals surface area (Å²) in [5.74, 6) is 0.898. The minimum atomic E-state index is -0.399. The van der Waals surface area contributed by atoms with E-state index in [0.29, 0.717) is 65.8 Å². The van der Waals surface area contributed by atoms with Gasteiger partial charge in [-0.05, 0) is 59.7 Å². The third-order valence-corrected chi connectivity index (χ3v) is 12.1. The SMILES string of the molecule is C.COC(=O)[C@@H]1C[C@@H](O)CN1.COC(=O)[C@@H]1C[C@H](Oc2cnc(-c3cccc(Cn4nc(-c5cccc(C#N)c5)ccc4=O)c3)nc2)CN1.N#Cc1cccc(-c2ccc(=O)n(Cc3cccc(-c4ncc(O)cn4)c3)n2)c1. The molecule has 0 radical (unpaired) electrons. The van der Waals surface area contributed by atoms with Crippen LogP contribution in [0, 0.1) is 22.7 Å². The number of carbonyl (C=O) groups is 2. The van der Waals surface area contributed by atoms with Crippen LogP contribution in [0.3, 0.4) is 0 Å². The van der Waals surface area contributed by atoms with E-state index in [9.17, 15) is 29.5 Å². The summed E-state index contributed by atoms with van der Waals surface area (Å²) < 4.78 is 17.9. The second kappa shape index (κ2) is 26.6. The number of β-amino-alcohol motifs (C(OH)–C–C–N with tert-alkyl or cyclic N) is 1. The molecule has 2 aliphatic rings. The smallest absolute Gasteiger partial charge is 0.323 e. The Morgan fingerprint density at radius 2 is 1.06 bits per heavy atom. The topological polar surface area (TPSA) is 295 Å². The van der Waals surface area contributed by atoms with Crippen molar-refractivity contribution in [1.29, 1.82) is 10.5 Å². The Morgan fingerprint density at radius 3 is 1.53 bits per heavy atom. The zero-order valence-corrected chi connectivity index (χ0v) is 41.6. The molecule has 2 saturated heterocycles. The highest BCUT2D eigenvalue weighted by molar-refractivity contribution is 5.76. The standard InChI is InChI=1S/C28H24N6O4.C22H15N5O2.C6H11NO3.CH4/c1-37-28(36)25-12-22(14-30-25)38-23-15-31-27(32-16-23)21-7-3-5-19(11-21)17-34-26(35)9-8-24(33-34)20-6-2-4-18(10-20)13-29;23-11-15-3-1-5-17(9-15)20-7-8-21(29)27(26-20)14-16-4-2-6-18(10-16)22-24-12-19(28)13-25-22;1-10-6(9)5-2-4(8)3-7-5;/h2-11,15-16,22,25,30H,12,14,17H2,1H3;1-10,12-13,28H,14H2;4-5,7-8H,2-3H2,1H3;1H4/t22-,25-;;4-,5+;/m0.1./s1. The molecule has 0 unspecified atom stereocenters. The van der Waals surface area contributed by atoms with Gasteiger partial charge in [-0.2, -0.15) is 20.7 Å². The monoisotopic (exact) mass is 1050 g/mol. The van der Waals surface area contributed by atoms with E-state index in [4.69, 9.17) is 19.8 Å². The van der Waals surface area contributed by atoms with Crippen molar-refractivity contribution in [3.05, 3.63) is 189 Å².